The van der Waals surface area contributed by atoms with Gasteiger partial charge in [0.1, 0.15) is 5.75 Å². The van der Waals surface area contributed by atoms with Crippen molar-refractivity contribution in [3.05, 3.63) is 78.3 Å². The van der Waals surface area contributed by atoms with Crippen molar-refractivity contribution in [1.82, 2.24) is 10.2 Å². The van der Waals surface area contributed by atoms with Gasteiger partial charge in [-0.3, -0.25) is 14.9 Å². The van der Waals surface area contributed by atoms with Crippen LogP contribution in [0.1, 0.15) is 41.2 Å². The van der Waals surface area contributed by atoms with Gasteiger partial charge in [0.05, 0.1) is 12.4 Å². The molecule has 1 fully saturated rings. The Labute approximate surface area is 216 Å². The number of thiocarbonyl (C=S) groups is 1. The Morgan fingerprint density at radius 1 is 1.03 bits per heavy atom. The second kappa shape index (κ2) is 11.7. The Kier molecular flexibility index (Phi) is 8.22. The highest BCUT2D eigenvalue weighted by molar-refractivity contribution is 7.80. The van der Waals surface area contributed by atoms with Crippen molar-refractivity contribution in [2.45, 2.75) is 26.4 Å². The molecule has 0 aliphatic carbocycles. The summed E-state index contributed by atoms with van der Waals surface area (Å²) in [5.41, 5.74) is 2.32. The number of ether oxygens (including phenoxy) is 1. The second-order valence-corrected chi connectivity index (χ2v) is 8.98. The molecule has 36 heavy (non-hydrogen) atoms. The van der Waals surface area contributed by atoms with E-state index in [0.29, 0.717) is 24.4 Å². The van der Waals surface area contributed by atoms with Gasteiger partial charge in [0.2, 0.25) is 0 Å². The predicted octanol–water partition coefficient (Wildman–Crippen LogP) is 4.55. The Morgan fingerprint density at radius 2 is 1.72 bits per heavy atom. The lowest BCUT2D eigenvalue weighted by Gasteiger charge is -2.35. The normalized spacial score (nSPS) is 14.2. The largest absolute Gasteiger partial charge is 0.491 e. The first-order valence-electron chi connectivity index (χ1n) is 12.0. The molecule has 8 nitrogen and oxygen atoms in total. The van der Waals surface area contributed by atoms with Crippen molar-refractivity contribution >= 4 is 40.5 Å². The van der Waals surface area contributed by atoms with Crippen LogP contribution in [-0.2, 0) is 0 Å². The molecule has 0 unspecified atom stereocenters. The monoisotopic (exact) mass is 506 g/mol. The zero-order valence-corrected chi connectivity index (χ0v) is 21.2. The summed E-state index contributed by atoms with van der Waals surface area (Å²) in [7, 11) is 0. The van der Waals surface area contributed by atoms with Crippen LogP contribution in [0.2, 0.25) is 0 Å². The summed E-state index contributed by atoms with van der Waals surface area (Å²) < 4.78 is 11.0. The maximum absolute atomic E-state index is 12.5. The average Bonchev–Trinajstić information content (AvgIpc) is 3.44. The van der Waals surface area contributed by atoms with Gasteiger partial charge in [0, 0.05) is 43.1 Å². The molecule has 9 heteroatoms. The number of furan rings is 1. The van der Waals surface area contributed by atoms with Gasteiger partial charge in [0.25, 0.3) is 11.8 Å². The maximum Gasteiger partial charge on any atom is 0.289 e. The molecular weight excluding hydrogens is 476 g/mol. The highest BCUT2D eigenvalue weighted by Gasteiger charge is 2.23. The summed E-state index contributed by atoms with van der Waals surface area (Å²) in [5, 5.41) is 5.97. The molecule has 4 rings (SSSR count). The first kappa shape index (κ1) is 25.2. The standard InChI is InChI=1S/C27H30N4O4S/c1-3-19(2)35-23-12-6-20(7-13-23)25(32)29-27(36)28-21-8-10-22(11-9-21)30-14-16-31(17-15-30)26(33)24-5-4-18-34-24/h4-13,18-19H,3,14-17H2,1-2H3,(H2,28,29,32,36)/t19-/m1/s1. The van der Waals surface area contributed by atoms with E-state index >= 15 is 0 Å². The minimum Gasteiger partial charge on any atom is -0.491 e. The van der Waals surface area contributed by atoms with Crippen LogP contribution in [0.25, 0.3) is 0 Å². The fourth-order valence-electron chi connectivity index (χ4n) is 3.82. The summed E-state index contributed by atoms with van der Waals surface area (Å²) in [4.78, 5) is 29.0. The van der Waals surface area contributed by atoms with Crippen molar-refractivity contribution in [2.24, 2.45) is 0 Å². The second-order valence-electron chi connectivity index (χ2n) is 8.57. The molecule has 1 aliphatic rings. The smallest absolute Gasteiger partial charge is 0.289 e. The number of rotatable bonds is 7. The van der Waals surface area contributed by atoms with Crippen LogP contribution in [-0.4, -0.2) is 54.1 Å². The number of carbonyl (C=O) groups excluding carboxylic acids is 2. The van der Waals surface area contributed by atoms with Crippen LogP contribution in [0.4, 0.5) is 11.4 Å². The molecule has 0 radical (unpaired) electrons. The molecule has 1 aromatic heterocycles. The number of carbonyl (C=O) groups is 2. The van der Waals surface area contributed by atoms with Crippen LogP contribution in [0, 0.1) is 0 Å². The zero-order chi connectivity index (χ0) is 25.5. The first-order chi connectivity index (χ1) is 17.4. The molecule has 188 valence electrons. The van der Waals surface area contributed by atoms with Gasteiger partial charge in [-0.15, -0.1) is 0 Å². The fourth-order valence-corrected chi connectivity index (χ4v) is 4.03. The number of nitrogens with zero attached hydrogens (tertiary/aromatic N) is 2. The Balaban J connectivity index is 1.25. The van der Waals surface area contributed by atoms with Crippen molar-refractivity contribution in [3.63, 3.8) is 0 Å². The van der Waals surface area contributed by atoms with E-state index in [4.69, 9.17) is 21.4 Å². The molecule has 0 saturated carbocycles. The number of nitrogens with one attached hydrogen (secondary N) is 2. The van der Waals surface area contributed by atoms with Gasteiger partial charge in [-0.05, 0) is 86.2 Å². The molecule has 2 aromatic carbocycles. The van der Waals surface area contributed by atoms with E-state index < -0.39 is 0 Å². The third-order valence-electron chi connectivity index (χ3n) is 6.04. The molecule has 2 N–H and O–H groups in total. The molecule has 2 amide bonds. The molecule has 2 heterocycles. The van der Waals surface area contributed by atoms with Gasteiger partial charge >= 0.3 is 0 Å². The number of hydrogen-bond acceptors (Lipinski definition) is 6. The number of amides is 2. The molecular formula is C27H30N4O4S. The minimum absolute atomic E-state index is 0.0786. The summed E-state index contributed by atoms with van der Waals surface area (Å²) in [6.07, 6.45) is 2.54. The molecule has 3 aromatic rings. The summed E-state index contributed by atoms with van der Waals surface area (Å²) >= 11 is 5.32. The van der Waals surface area contributed by atoms with E-state index in [2.05, 4.69) is 22.5 Å². The van der Waals surface area contributed by atoms with Crippen molar-refractivity contribution in [1.29, 1.82) is 0 Å². The fraction of sp³-hybridized carbons (Fsp3) is 0.296. The van der Waals surface area contributed by atoms with E-state index in [1.807, 2.05) is 31.2 Å². The van der Waals surface area contributed by atoms with Gasteiger partial charge < -0.3 is 24.3 Å². The Bertz CT molecular complexity index is 1170. The van der Waals surface area contributed by atoms with E-state index in [9.17, 15) is 9.59 Å². The molecule has 0 spiro atoms. The first-order valence-corrected chi connectivity index (χ1v) is 12.4. The van der Waals surface area contributed by atoms with E-state index in [0.717, 1.165) is 36.6 Å². The summed E-state index contributed by atoms with van der Waals surface area (Å²) in [5.74, 6) is 0.730. The SMILES string of the molecule is CC[C@@H](C)Oc1ccc(C(=O)NC(=S)Nc2ccc(N3CCN(C(=O)c4ccco4)CC3)cc2)cc1. The number of benzene rings is 2. The third-order valence-corrected chi connectivity index (χ3v) is 6.25. The van der Waals surface area contributed by atoms with Crippen LogP contribution < -0.4 is 20.3 Å². The van der Waals surface area contributed by atoms with Gasteiger partial charge in [0.15, 0.2) is 10.9 Å². The van der Waals surface area contributed by atoms with Crippen LogP contribution in [0.3, 0.4) is 0 Å². The maximum atomic E-state index is 12.5. The van der Waals surface area contributed by atoms with Crippen molar-refractivity contribution < 1.29 is 18.7 Å². The lowest BCUT2D eigenvalue weighted by Crippen LogP contribution is -2.48. The zero-order valence-electron chi connectivity index (χ0n) is 20.4. The van der Waals surface area contributed by atoms with E-state index in [1.54, 1.807) is 41.3 Å². The van der Waals surface area contributed by atoms with E-state index in [1.165, 1.54) is 6.26 Å². The molecule has 1 saturated heterocycles. The highest BCUT2D eigenvalue weighted by Crippen LogP contribution is 2.21. The highest BCUT2D eigenvalue weighted by atomic mass is 32.1. The number of piperazine rings is 1. The van der Waals surface area contributed by atoms with Crippen molar-refractivity contribution in [3.8, 4) is 5.75 Å². The van der Waals surface area contributed by atoms with Gasteiger partial charge in [-0.1, -0.05) is 6.92 Å². The predicted molar refractivity (Wildman–Crippen MR) is 144 cm³/mol. The van der Waals surface area contributed by atoms with Gasteiger partial charge in [-0.2, -0.15) is 0 Å². The topological polar surface area (TPSA) is 87.0 Å². The quantitative estimate of drug-likeness (QED) is 0.455. The minimum atomic E-state index is -0.291. The summed E-state index contributed by atoms with van der Waals surface area (Å²) in [6.45, 7) is 6.77. The van der Waals surface area contributed by atoms with E-state index in [-0.39, 0.29) is 23.0 Å². The molecule has 1 aliphatic heterocycles. The van der Waals surface area contributed by atoms with Crippen molar-refractivity contribution in [2.75, 3.05) is 36.4 Å². The van der Waals surface area contributed by atoms with Crippen LogP contribution >= 0.6 is 12.2 Å². The number of hydrogen-bond donors (Lipinski definition) is 2. The Morgan fingerprint density at radius 3 is 2.33 bits per heavy atom. The van der Waals surface area contributed by atoms with Gasteiger partial charge in [-0.25, -0.2) is 0 Å². The van der Waals surface area contributed by atoms with Crippen LogP contribution in [0.5, 0.6) is 5.75 Å². The molecule has 0 bridgehead atoms. The average molecular weight is 507 g/mol. The number of anilines is 2. The third kappa shape index (κ3) is 6.42. The molecule has 1 atom stereocenters. The summed E-state index contributed by atoms with van der Waals surface area (Å²) in [6, 6.07) is 18.2. The lowest BCUT2D eigenvalue weighted by molar-refractivity contribution is 0.0714. The lowest BCUT2D eigenvalue weighted by atomic mass is 10.2. The Hall–Kier alpha value is -3.85. The van der Waals surface area contributed by atoms with Crippen LogP contribution in [0.15, 0.2) is 71.3 Å².